The lowest BCUT2D eigenvalue weighted by Gasteiger charge is -2.33. The van der Waals surface area contributed by atoms with Crippen LogP contribution in [-0.2, 0) is 5.75 Å². The van der Waals surface area contributed by atoms with Crippen LogP contribution in [0.4, 0.5) is 0 Å². The number of benzene rings is 1. The maximum absolute atomic E-state index is 9.55. The van der Waals surface area contributed by atoms with Crippen LogP contribution in [0.1, 0.15) is 37.5 Å². The molecule has 108 valence electrons. The van der Waals surface area contributed by atoms with Gasteiger partial charge < -0.3 is 10.8 Å². The summed E-state index contributed by atoms with van der Waals surface area (Å²) < 4.78 is 0. The van der Waals surface area contributed by atoms with Gasteiger partial charge in [-0.2, -0.15) is 0 Å². The Morgan fingerprint density at radius 1 is 1.16 bits per heavy atom. The third kappa shape index (κ3) is 5.17. The van der Waals surface area contributed by atoms with Crippen LogP contribution in [0.15, 0.2) is 18.2 Å². The number of rotatable bonds is 5. The summed E-state index contributed by atoms with van der Waals surface area (Å²) in [6.45, 7) is 10.7. The van der Waals surface area contributed by atoms with Crippen molar-refractivity contribution >= 4 is 11.8 Å². The fraction of sp³-hybridized carbons (Fsp3) is 0.625. The molecule has 0 bridgehead atoms. The van der Waals surface area contributed by atoms with Gasteiger partial charge in [-0.25, -0.2) is 0 Å². The summed E-state index contributed by atoms with van der Waals surface area (Å²) in [5, 5.41) is 9.63. The monoisotopic (exact) mass is 281 g/mol. The third-order valence-electron chi connectivity index (χ3n) is 3.33. The Kier molecular flexibility index (Phi) is 5.90. The minimum absolute atomic E-state index is 0.00611. The van der Waals surface area contributed by atoms with E-state index in [0.29, 0.717) is 0 Å². The molecule has 0 amide bonds. The molecule has 0 aliphatic heterocycles. The van der Waals surface area contributed by atoms with E-state index in [9.17, 15) is 5.11 Å². The summed E-state index contributed by atoms with van der Waals surface area (Å²) in [6, 6.07) is 6.58. The molecular formula is C16H27NOS. The molecule has 19 heavy (non-hydrogen) atoms. The first-order chi connectivity index (χ1) is 8.74. The van der Waals surface area contributed by atoms with Gasteiger partial charge >= 0.3 is 0 Å². The summed E-state index contributed by atoms with van der Waals surface area (Å²) in [4.78, 5) is 0. The second kappa shape index (κ2) is 6.78. The van der Waals surface area contributed by atoms with Crippen LogP contribution >= 0.6 is 11.8 Å². The van der Waals surface area contributed by atoms with Gasteiger partial charge in [-0.15, -0.1) is 11.8 Å². The molecule has 0 aromatic heterocycles. The standard InChI is InChI=1S/C16H27NOS/c1-11-6-12(2)8-13(7-11)10-19-14(9-18)15(17)16(3,4)5/h6-8,14-15,18H,9-10,17H2,1-5H3. The number of nitrogens with two attached hydrogens (primary N) is 1. The minimum atomic E-state index is -0.00611. The molecule has 0 aliphatic carbocycles. The molecule has 0 spiro atoms. The van der Waals surface area contributed by atoms with E-state index >= 15 is 0 Å². The number of hydrogen-bond donors (Lipinski definition) is 2. The molecule has 3 N–H and O–H groups in total. The molecule has 1 rings (SSSR count). The zero-order valence-corrected chi connectivity index (χ0v) is 13.6. The third-order valence-corrected chi connectivity index (χ3v) is 4.70. The molecule has 0 saturated carbocycles. The first-order valence-electron chi connectivity index (χ1n) is 6.79. The minimum Gasteiger partial charge on any atom is -0.395 e. The topological polar surface area (TPSA) is 46.2 Å². The summed E-state index contributed by atoms with van der Waals surface area (Å²) >= 11 is 1.75. The lowest BCUT2D eigenvalue weighted by Crippen LogP contribution is -2.45. The molecule has 3 heteroatoms. The van der Waals surface area contributed by atoms with Crippen molar-refractivity contribution in [1.82, 2.24) is 0 Å². The zero-order chi connectivity index (χ0) is 14.6. The maximum Gasteiger partial charge on any atom is 0.0565 e. The zero-order valence-electron chi connectivity index (χ0n) is 12.7. The van der Waals surface area contributed by atoms with E-state index in [1.807, 2.05) is 0 Å². The summed E-state index contributed by atoms with van der Waals surface area (Å²) in [6.07, 6.45) is 0. The Morgan fingerprint density at radius 3 is 2.11 bits per heavy atom. The van der Waals surface area contributed by atoms with Crippen LogP contribution in [0.2, 0.25) is 0 Å². The van der Waals surface area contributed by atoms with E-state index in [0.717, 1.165) is 5.75 Å². The van der Waals surface area contributed by atoms with Crippen molar-refractivity contribution in [3.05, 3.63) is 34.9 Å². The van der Waals surface area contributed by atoms with Gasteiger partial charge in [0.1, 0.15) is 0 Å². The number of hydrogen-bond acceptors (Lipinski definition) is 3. The van der Waals surface area contributed by atoms with Crippen molar-refractivity contribution in [1.29, 1.82) is 0 Å². The van der Waals surface area contributed by atoms with Gasteiger partial charge in [-0.1, -0.05) is 50.1 Å². The Labute approximate surface area is 121 Å². The van der Waals surface area contributed by atoms with Crippen molar-refractivity contribution in [2.45, 2.75) is 51.7 Å². The molecular weight excluding hydrogens is 254 g/mol. The predicted octanol–water partition coefficient (Wildman–Crippen LogP) is 3.27. The molecule has 1 aromatic carbocycles. The molecule has 0 saturated heterocycles. The normalized spacial score (nSPS) is 15.3. The number of aliphatic hydroxyl groups is 1. The predicted molar refractivity (Wildman–Crippen MR) is 85.5 cm³/mol. The van der Waals surface area contributed by atoms with E-state index < -0.39 is 0 Å². The average Bonchev–Trinajstić information content (AvgIpc) is 2.27. The van der Waals surface area contributed by atoms with Gasteiger partial charge in [-0.3, -0.25) is 0 Å². The van der Waals surface area contributed by atoms with Crippen molar-refractivity contribution in [2.75, 3.05) is 6.61 Å². The molecule has 2 nitrogen and oxygen atoms in total. The van der Waals surface area contributed by atoms with Crippen molar-refractivity contribution in [3.63, 3.8) is 0 Å². The molecule has 0 fully saturated rings. The van der Waals surface area contributed by atoms with Gasteiger partial charge in [0.25, 0.3) is 0 Å². The SMILES string of the molecule is Cc1cc(C)cc(CSC(CO)C(N)C(C)(C)C)c1. The Bertz CT molecular complexity index is 391. The van der Waals surface area contributed by atoms with Crippen LogP contribution in [0.25, 0.3) is 0 Å². The van der Waals surface area contributed by atoms with Crippen LogP contribution in [0, 0.1) is 19.3 Å². The second-order valence-corrected chi connectivity index (χ2v) is 7.65. The van der Waals surface area contributed by atoms with E-state index in [2.05, 4.69) is 52.8 Å². The summed E-state index contributed by atoms with van der Waals surface area (Å²) in [5.41, 5.74) is 10.1. The van der Waals surface area contributed by atoms with Crippen LogP contribution in [-0.4, -0.2) is 23.0 Å². The van der Waals surface area contributed by atoms with E-state index in [4.69, 9.17) is 5.73 Å². The smallest absolute Gasteiger partial charge is 0.0565 e. The number of aryl methyl sites for hydroxylation is 2. The lowest BCUT2D eigenvalue weighted by atomic mass is 9.85. The highest BCUT2D eigenvalue weighted by Gasteiger charge is 2.28. The number of thioether (sulfide) groups is 1. The van der Waals surface area contributed by atoms with E-state index in [1.54, 1.807) is 11.8 Å². The highest BCUT2D eigenvalue weighted by atomic mass is 32.2. The van der Waals surface area contributed by atoms with Gasteiger partial charge in [0, 0.05) is 17.0 Å². The van der Waals surface area contributed by atoms with Gasteiger partial charge in [0.2, 0.25) is 0 Å². The average molecular weight is 281 g/mol. The van der Waals surface area contributed by atoms with E-state index in [-0.39, 0.29) is 23.3 Å². The van der Waals surface area contributed by atoms with Crippen molar-refractivity contribution < 1.29 is 5.11 Å². The first-order valence-corrected chi connectivity index (χ1v) is 7.84. The number of aliphatic hydroxyl groups excluding tert-OH is 1. The van der Waals surface area contributed by atoms with Crippen LogP contribution < -0.4 is 5.73 Å². The summed E-state index contributed by atoms with van der Waals surface area (Å²) in [7, 11) is 0. The van der Waals surface area contributed by atoms with Gasteiger partial charge in [0.05, 0.1) is 6.61 Å². The largest absolute Gasteiger partial charge is 0.395 e. The van der Waals surface area contributed by atoms with Crippen LogP contribution in [0.3, 0.4) is 0 Å². The first kappa shape index (κ1) is 16.5. The molecule has 1 aromatic rings. The lowest BCUT2D eigenvalue weighted by molar-refractivity contribution is 0.233. The van der Waals surface area contributed by atoms with E-state index in [1.165, 1.54) is 16.7 Å². The fourth-order valence-electron chi connectivity index (χ4n) is 2.18. The molecule has 0 heterocycles. The van der Waals surface area contributed by atoms with Gasteiger partial charge in [0.15, 0.2) is 0 Å². The molecule has 0 radical (unpaired) electrons. The fourth-order valence-corrected chi connectivity index (χ4v) is 3.48. The maximum atomic E-state index is 9.55. The van der Waals surface area contributed by atoms with Crippen molar-refractivity contribution in [3.8, 4) is 0 Å². The Morgan fingerprint density at radius 2 is 1.68 bits per heavy atom. The second-order valence-electron chi connectivity index (χ2n) is 6.42. The quantitative estimate of drug-likeness (QED) is 0.870. The van der Waals surface area contributed by atoms with Crippen molar-refractivity contribution in [2.24, 2.45) is 11.1 Å². The van der Waals surface area contributed by atoms with Gasteiger partial charge in [-0.05, 0) is 24.8 Å². The Balaban J connectivity index is 2.68. The Hall–Kier alpha value is -0.510. The molecule has 0 aliphatic rings. The summed E-state index contributed by atoms with van der Waals surface area (Å²) in [5.74, 6) is 0.900. The highest BCUT2D eigenvalue weighted by molar-refractivity contribution is 7.99. The highest BCUT2D eigenvalue weighted by Crippen LogP contribution is 2.29. The molecule has 2 unspecified atom stereocenters. The van der Waals surface area contributed by atoms with Crippen LogP contribution in [0.5, 0.6) is 0 Å². The molecule has 2 atom stereocenters.